The summed E-state index contributed by atoms with van der Waals surface area (Å²) in [6.45, 7) is 0.173. The van der Waals surface area contributed by atoms with Gasteiger partial charge in [-0.25, -0.2) is 0 Å². The van der Waals surface area contributed by atoms with Gasteiger partial charge in [-0.2, -0.15) is 15.0 Å². The molecule has 0 radical (unpaired) electrons. The van der Waals surface area contributed by atoms with Gasteiger partial charge < -0.3 is 10.0 Å². The molecule has 0 aliphatic heterocycles. The topological polar surface area (TPSA) is 62.1 Å². The molecule has 0 atom stereocenters. The number of aliphatic hydroxyl groups excluding tert-OH is 1. The minimum absolute atomic E-state index is 0.173. The summed E-state index contributed by atoms with van der Waals surface area (Å²) in [7, 11) is 3.68. The molecule has 1 aromatic heterocycles. The molecule has 0 amide bonds. The van der Waals surface area contributed by atoms with Gasteiger partial charge in [0.25, 0.3) is 0 Å². The van der Waals surface area contributed by atoms with E-state index in [1.807, 2.05) is 14.1 Å². The summed E-state index contributed by atoms with van der Waals surface area (Å²) in [6.07, 6.45) is 0.714. The molecular formula is C8H13ClN4OS. The smallest absolute Gasteiger partial charge is 0.230 e. The van der Waals surface area contributed by atoms with Crippen molar-refractivity contribution in [2.75, 3.05) is 31.4 Å². The highest BCUT2D eigenvalue weighted by atomic mass is 35.5. The van der Waals surface area contributed by atoms with E-state index < -0.39 is 0 Å². The molecule has 0 saturated heterocycles. The summed E-state index contributed by atoms with van der Waals surface area (Å²) in [5.41, 5.74) is 0. The van der Waals surface area contributed by atoms with Gasteiger partial charge in [-0.05, 0) is 18.0 Å². The van der Waals surface area contributed by atoms with Crippen molar-refractivity contribution in [3.05, 3.63) is 5.28 Å². The van der Waals surface area contributed by atoms with E-state index >= 15 is 0 Å². The first kappa shape index (κ1) is 12.5. The van der Waals surface area contributed by atoms with Gasteiger partial charge >= 0.3 is 0 Å². The van der Waals surface area contributed by atoms with Crippen LogP contribution in [0, 0.1) is 0 Å². The molecular weight excluding hydrogens is 236 g/mol. The van der Waals surface area contributed by atoms with E-state index in [-0.39, 0.29) is 11.9 Å². The van der Waals surface area contributed by atoms with E-state index in [0.717, 1.165) is 5.75 Å². The number of anilines is 1. The van der Waals surface area contributed by atoms with Gasteiger partial charge in [0.1, 0.15) is 0 Å². The van der Waals surface area contributed by atoms with Gasteiger partial charge in [0.15, 0.2) is 5.16 Å². The van der Waals surface area contributed by atoms with Crippen LogP contribution >= 0.6 is 23.4 Å². The number of aromatic nitrogens is 3. The van der Waals surface area contributed by atoms with E-state index in [0.29, 0.717) is 17.5 Å². The van der Waals surface area contributed by atoms with E-state index in [2.05, 4.69) is 15.0 Å². The van der Waals surface area contributed by atoms with Crippen LogP contribution in [0.3, 0.4) is 0 Å². The fourth-order valence-corrected chi connectivity index (χ4v) is 1.77. The number of halogens is 1. The lowest BCUT2D eigenvalue weighted by atomic mass is 10.5. The number of rotatable bonds is 5. The van der Waals surface area contributed by atoms with Crippen LogP contribution in [0.5, 0.6) is 0 Å². The highest BCUT2D eigenvalue weighted by molar-refractivity contribution is 7.99. The van der Waals surface area contributed by atoms with Crippen molar-refractivity contribution in [1.29, 1.82) is 0 Å². The molecule has 1 rings (SSSR count). The summed E-state index contributed by atoms with van der Waals surface area (Å²) in [5.74, 6) is 1.31. The molecule has 0 saturated carbocycles. The molecule has 15 heavy (non-hydrogen) atoms. The van der Waals surface area contributed by atoms with Gasteiger partial charge in [-0.3, -0.25) is 0 Å². The first-order valence-electron chi connectivity index (χ1n) is 4.46. The first-order valence-corrected chi connectivity index (χ1v) is 5.82. The third-order valence-corrected chi connectivity index (χ3v) is 2.61. The fraction of sp³-hybridized carbons (Fsp3) is 0.625. The molecule has 0 aliphatic rings. The predicted molar refractivity (Wildman–Crippen MR) is 61.6 cm³/mol. The van der Waals surface area contributed by atoms with Crippen LogP contribution in [0.1, 0.15) is 6.42 Å². The van der Waals surface area contributed by atoms with Crippen molar-refractivity contribution < 1.29 is 5.11 Å². The third kappa shape index (κ3) is 4.19. The SMILES string of the molecule is CN(C)c1nc(Cl)nc(SCCCO)n1. The quantitative estimate of drug-likeness (QED) is 0.621. The van der Waals surface area contributed by atoms with E-state index in [4.69, 9.17) is 16.7 Å². The second-order valence-corrected chi connectivity index (χ2v) is 4.41. The molecule has 1 aromatic rings. The number of thioether (sulfide) groups is 1. The van der Waals surface area contributed by atoms with Crippen LogP contribution in [-0.4, -0.2) is 46.5 Å². The number of hydrogen-bond acceptors (Lipinski definition) is 6. The Morgan fingerprint density at radius 1 is 1.33 bits per heavy atom. The zero-order chi connectivity index (χ0) is 11.3. The summed E-state index contributed by atoms with van der Waals surface area (Å²) >= 11 is 7.21. The minimum Gasteiger partial charge on any atom is -0.396 e. The molecule has 84 valence electrons. The van der Waals surface area contributed by atoms with Gasteiger partial charge in [0, 0.05) is 26.5 Å². The first-order chi connectivity index (χ1) is 7.13. The van der Waals surface area contributed by atoms with Crippen LogP contribution in [0.25, 0.3) is 0 Å². The number of hydrogen-bond donors (Lipinski definition) is 1. The molecule has 0 aliphatic carbocycles. The van der Waals surface area contributed by atoms with Crippen LogP contribution in [0.4, 0.5) is 5.95 Å². The zero-order valence-electron chi connectivity index (χ0n) is 8.64. The molecule has 7 heteroatoms. The van der Waals surface area contributed by atoms with Crippen molar-refractivity contribution >= 4 is 29.3 Å². The van der Waals surface area contributed by atoms with Crippen molar-refractivity contribution in [1.82, 2.24) is 15.0 Å². The minimum atomic E-state index is 0.173. The van der Waals surface area contributed by atoms with Crippen molar-refractivity contribution in [2.24, 2.45) is 0 Å². The maximum Gasteiger partial charge on any atom is 0.230 e. The monoisotopic (exact) mass is 248 g/mol. The van der Waals surface area contributed by atoms with Crippen molar-refractivity contribution in [2.45, 2.75) is 11.6 Å². The van der Waals surface area contributed by atoms with Crippen LogP contribution < -0.4 is 4.90 Å². The number of aliphatic hydroxyl groups is 1. The predicted octanol–water partition coefficient (Wildman–Crippen LogP) is 1.07. The van der Waals surface area contributed by atoms with Gasteiger partial charge in [0.05, 0.1) is 0 Å². The Hall–Kier alpha value is -0.590. The largest absolute Gasteiger partial charge is 0.396 e. The Morgan fingerprint density at radius 3 is 2.67 bits per heavy atom. The Kier molecular flexibility index (Phi) is 5.07. The maximum atomic E-state index is 8.64. The summed E-state index contributed by atoms with van der Waals surface area (Å²) in [6, 6.07) is 0. The lowest BCUT2D eigenvalue weighted by Crippen LogP contribution is -2.13. The van der Waals surface area contributed by atoms with E-state index in [9.17, 15) is 0 Å². The molecule has 0 spiro atoms. The highest BCUT2D eigenvalue weighted by Crippen LogP contribution is 2.18. The molecule has 0 bridgehead atoms. The second-order valence-electron chi connectivity index (χ2n) is 3.01. The van der Waals surface area contributed by atoms with Gasteiger partial charge in [-0.15, -0.1) is 0 Å². The standard InChI is InChI=1S/C8H13ClN4OS/c1-13(2)7-10-6(9)11-8(12-7)15-5-3-4-14/h14H,3-5H2,1-2H3. The zero-order valence-corrected chi connectivity index (χ0v) is 10.2. The van der Waals surface area contributed by atoms with E-state index in [1.54, 1.807) is 4.90 Å². The summed E-state index contributed by atoms with van der Waals surface area (Å²) < 4.78 is 0. The van der Waals surface area contributed by atoms with Gasteiger partial charge in [0.2, 0.25) is 11.2 Å². The fourth-order valence-electron chi connectivity index (χ4n) is 0.815. The molecule has 0 aromatic carbocycles. The summed E-state index contributed by atoms with van der Waals surface area (Å²) in [5, 5.41) is 9.43. The molecule has 0 unspecified atom stereocenters. The highest BCUT2D eigenvalue weighted by Gasteiger charge is 2.06. The average Bonchev–Trinajstić information content (AvgIpc) is 2.17. The summed E-state index contributed by atoms with van der Waals surface area (Å²) in [4.78, 5) is 13.9. The number of nitrogens with zero attached hydrogens (tertiary/aromatic N) is 4. The lowest BCUT2D eigenvalue weighted by Gasteiger charge is -2.10. The Morgan fingerprint density at radius 2 is 2.07 bits per heavy atom. The average molecular weight is 249 g/mol. The Labute approximate surface area is 97.9 Å². The molecule has 1 heterocycles. The molecule has 0 fully saturated rings. The molecule has 5 nitrogen and oxygen atoms in total. The van der Waals surface area contributed by atoms with Crippen LogP contribution in [0.15, 0.2) is 5.16 Å². The Bertz CT molecular complexity index is 324. The van der Waals surface area contributed by atoms with Crippen molar-refractivity contribution in [3.63, 3.8) is 0 Å². The molecule has 1 N–H and O–H groups in total. The Balaban J connectivity index is 2.71. The normalized spacial score (nSPS) is 10.4. The van der Waals surface area contributed by atoms with Crippen LogP contribution in [0.2, 0.25) is 5.28 Å². The van der Waals surface area contributed by atoms with Gasteiger partial charge in [-0.1, -0.05) is 11.8 Å². The maximum absolute atomic E-state index is 8.64. The van der Waals surface area contributed by atoms with Crippen molar-refractivity contribution in [3.8, 4) is 0 Å². The van der Waals surface area contributed by atoms with Crippen LogP contribution in [-0.2, 0) is 0 Å². The second kappa shape index (κ2) is 6.09. The third-order valence-electron chi connectivity index (χ3n) is 1.51. The van der Waals surface area contributed by atoms with E-state index in [1.165, 1.54) is 11.8 Å². The lowest BCUT2D eigenvalue weighted by molar-refractivity contribution is 0.296.